The number of anilines is 2. The molecule has 172 valence electrons. The van der Waals surface area contributed by atoms with Gasteiger partial charge < -0.3 is 16.0 Å². The van der Waals surface area contributed by atoms with Gasteiger partial charge in [-0.3, -0.25) is 4.79 Å². The van der Waals surface area contributed by atoms with E-state index in [0.717, 1.165) is 29.9 Å². The zero-order valence-corrected chi connectivity index (χ0v) is 20.5. The Morgan fingerprint density at radius 1 is 1.18 bits per heavy atom. The summed E-state index contributed by atoms with van der Waals surface area (Å²) in [4.78, 5) is 19.3. The van der Waals surface area contributed by atoms with Crippen LogP contribution in [-0.4, -0.2) is 33.8 Å². The summed E-state index contributed by atoms with van der Waals surface area (Å²) in [5, 5.41) is 9.22. The fourth-order valence-corrected chi connectivity index (χ4v) is 5.15. The van der Waals surface area contributed by atoms with Crippen LogP contribution in [0.1, 0.15) is 37.9 Å². The smallest absolute Gasteiger partial charge is 0.248 e. The standard InChI is InChI=1S/C24H27ClN6OS/c1-4-30(5-2)18-12-10-16(11-13-18)21-20(22(26)32)15(3)27-23-28-24(29-31(21)23)33-14-17-8-6-7-9-19(17)25/h6-13,21H,4-5,14H2,1-3H3,(H2,26,32)(H,27,28,29)/t21-/m0/s1. The summed E-state index contributed by atoms with van der Waals surface area (Å²) in [6, 6.07) is 15.5. The van der Waals surface area contributed by atoms with Gasteiger partial charge >= 0.3 is 0 Å². The van der Waals surface area contributed by atoms with Crippen LogP contribution < -0.4 is 16.0 Å². The van der Waals surface area contributed by atoms with Crippen molar-refractivity contribution in [1.82, 2.24) is 14.8 Å². The van der Waals surface area contributed by atoms with Crippen LogP contribution in [0.25, 0.3) is 0 Å². The van der Waals surface area contributed by atoms with Gasteiger partial charge in [-0.15, -0.1) is 5.10 Å². The molecule has 9 heteroatoms. The molecule has 0 saturated carbocycles. The number of rotatable bonds is 8. The zero-order valence-electron chi connectivity index (χ0n) is 18.9. The number of carbonyl (C=O) groups excluding carboxylic acids is 1. The number of nitrogens with two attached hydrogens (primary N) is 1. The summed E-state index contributed by atoms with van der Waals surface area (Å²) in [6.07, 6.45) is 0. The van der Waals surface area contributed by atoms with Gasteiger partial charge in [0, 0.05) is 35.2 Å². The Morgan fingerprint density at radius 2 is 1.88 bits per heavy atom. The second-order valence-corrected chi connectivity index (χ2v) is 9.09. The van der Waals surface area contributed by atoms with E-state index in [2.05, 4.69) is 41.2 Å². The number of hydrogen-bond donors (Lipinski definition) is 2. The van der Waals surface area contributed by atoms with Crippen LogP contribution >= 0.6 is 23.4 Å². The number of halogens is 1. The van der Waals surface area contributed by atoms with Gasteiger partial charge in [-0.25, -0.2) is 4.68 Å². The molecular formula is C24H27ClN6OS. The molecule has 1 aliphatic rings. The van der Waals surface area contributed by atoms with Crippen molar-refractivity contribution in [3.05, 3.63) is 76.0 Å². The number of carbonyl (C=O) groups is 1. The second-order valence-electron chi connectivity index (χ2n) is 7.74. The molecule has 1 amide bonds. The van der Waals surface area contributed by atoms with Crippen molar-refractivity contribution >= 4 is 40.9 Å². The van der Waals surface area contributed by atoms with Gasteiger partial charge in [0.15, 0.2) is 0 Å². The molecule has 1 aliphatic heterocycles. The minimum Gasteiger partial charge on any atom is -0.372 e. The fourth-order valence-electron chi connectivity index (χ4n) is 4.03. The van der Waals surface area contributed by atoms with E-state index in [-0.39, 0.29) is 0 Å². The summed E-state index contributed by atoms with van der Waals surface area (Å²) in [5.41, 5.74) is 10.0. The lowest BCUT2D eigenvalue weighted by atomic mass is 9.95. The number of nitrogens with one attached hydrogen (secondary N) is 1. The van der Waals surface area contributed by atoms with Crippen molar-refractivity contribution < 1.29 is 4.79 Å². The van der Waals surface area contributed by atoms with E-state index < -0.39 is 11.9 Å². The molecule has 33 heavy (non-hydrogen) atoms. The molecule has 1 atom stereocenters. The van der Waals surface area contributed by atoms with Crippen LogP contribution in [0.15, 0.2) is 65.0 Å². The largest absolute Gasteiger partial charge is 0.372 e. The third-order valence-electron chi connectivity index (χ3n) is 5.75. The van der Waals surface area contributed by atoms with Gasteiger partial charge in [0.05, 0.1) is 5.57 Å². The Hall–Kier alpha value is -2.97. The number of thioether (sulfide) groups is 1. The van der Waals surface area contributed by atoms with Crippen molar-refractivity contribution in [1.29, 1.82) is 0 Å². The normalized spacial score (nSPS) is 15.2. The highest BCUT2D eigenvalue weighted by atomic mass is 35.5. The van der Waals surface area contributed by atoms with Crippen LogP contribution in [0.5, 0.6) is 0 Å². The second kappa shape index (κ2) is 9.89. The lowest BCUT2D eigenvalue weighted by molar-refractivity contribution is -0.115. The van der Waals surface area contributed by atoms with E-state index in [1.165, 1.54) is 11.8 Å². The molecule has 0 radical (unpaired) electrons. The monoisotopic (exact) mass is 482 g/mol. The van der Waals surface area contributed by atoms with Crippen molar-refractivity contribution in [3.63, 3.8) is 0 Å². The Balaban J connectivity index is 1.67. The highest BCUT2D eigenvalue weighted by molar-refractivity contribution is 7.98. The van der Waals surface area contributed by atoms with E-state index in [1.54, 1.807) is 4.68 Å². The first-order valence-corrected chi connectivity index (χ1v) is 12.2. The average molecular weight is 483 g/mol. The van der Waals surface area contributed by atoms with Crippen molar-refractivity contribution in [2.45, 2.75) is 37.7 Å². The van der Waals surface area contributed by atoms with Crippen molar-refractivity contribution in [2.24, 2.45) is 5.73 Å². The van der Waals surface area contributed by atoms with E-state index in [4.69, 9.17) is 22.4 Å². The summed E-state index contributed by atoms with van der Waals surface area (Å²) in [6.45, 7) is 7.95. The van der Waals surface area contributed by atoms with Crippen LogP contribution in [-0.2, 0) is 10.5 Å². The molecule has 0 saturated heterocycles. The Labute approximate surface area is 203 Å². The van der Waals surface area contributed by atoms with E-state index >= 15 is 0 Å². The highest BCUT2D eigenvalue weighted by Gasteiger charge is 2.33. The zero-order chi connectivity index (χ0) is 23.5. The number of fused-ring (bicyclic) bond motifs is 1. The number of primary amides is 1. The van der Waals surface area contributed by atoms with Gasteiger partial charge in [0.25, 0.3) is 0 Å². The summed E-state index contributed by atoms with van der Waals surface area (Å²) in [5.74, 6) is 0.739. The number of hydrogen-bond acceptors (Lipinski definition) is 6. The van der Waals surface area contributed by atoms with Gasteiger partial charge in [-0.05, 0) is 50.1 Å². The summed E-state index contributed by atoms with van der Waals surface area (Å²) < 4.78 is 1.74. The summed E-state index contributed by atoms with van der Waals surface area (Å²) >= 11 is 7.78. The van der Waals surface area contributed by atoms with Gasteiger partial charge in [0.2, 0.25) is 17.0 Å². The first-order chi connectivity index (χ1) is 15.9. The van der Waals surface area contributed by atoms with Gasteiger partial charge in [-0.1, -0.05) is 53.7 Å². The maximum Gasteiger partial charge on any atom is 0.248 e. The molecule has 7 nitrogen and oxygen atoms in total. The molecule has 2 aromatic carbocycles. The number of nitrogens with zero attached hydrogens (tertiary/aromatic N) is 4. The fraction of sp³-hybridized carbons (Fsp3) is 0.292. The molecule has 3 N–H and O–H groups in total. The maximum absolute atomic E-state index is 12.4. The van der Waals surface area contributed by atoms with Gasteiger partial charge in [-0.2, -0.15) is 4.98 Å². The molecule has 0 bridgehead atoms. The quantitative estimate of drug-likeness (QED) is 0.446. The number of benzene rings is 2. The van der Waals surface area contributed by atoms with E-state index in [1.807, 2.05) is 43.3 Å². The predicted octanol–water partition coefficient (Wildman–Crippen LogP) is 4.84. The number of amides is 1. The van der Waals surface area contributed by atoms with Gasteiger partial charge in [0.1, 0.15) is 6.04 Å². The van der Waals surface area contributed by atoms with Crippen LogP contribution in [0.2, 0.25) is 5.02 Å². The SMILES string of the molecule is CCN(CC)c1ccc([C@H]2C(C(N)=O)=C(C)Nc3nc(SCc4ccccc4Cl)nn32)cc1. The van der Waals surface area contributed by atoms with Crippen molar-refractivity contribution in [3.8, 4) is 0 Å². The van der Waals surface area contributed by atoms with E-state index in [0.29, 0.717) is 33.2 Å². The minimum absolute atomic E-state index is 0.452. The Kier molecular flexibility index (Phi) is 6.95. The third kappa shape index (κ3) is 4.72. The molecule has 0 spiro atoms. The molecule has 1 aromatic heterocycles. The maximum atomic E-state index is 12.4. The molecule has 4 rings (SSSR count). The first-order valence-electron chi connectivity index (χ1n) is 10.9. The molecule has 0 unspecified atom stereocenters. The predicted molar refractivity (Wildman–Crippen MR) is 135 cm³/mol. The first kappa shape index (κ1) is 23.2. The Bertz CT molecular complexity index is 1190. The average Bonchev–Trinajstić information content (AvgIpc) is 3.21. The minimum atomic E-state index is -0.482. The van der Waals surface area contributed by atoms with E-state index in [9.17, 15) is 4.79 Å². The number of allylic oxidation sites excluding steroid dienone is 1. The molecule has 0 aliphatic carbocycles. The Morgan fingerprint density at radius 3 is 2.52 bits per heavy atom. The molecule has 3 aromatic rings. The van der Waals surface area contributed by atoms with Crippen molar-refractivity contribution in [2.75, 3.05) is 23.3 Å². The summed E-state index contributed by atoms with van der Waals surface area (Å²) in [7, 11) is 0. The van der Waals surface area contributed by atoms with Crippen LogP contribution in [0, 0.1) is 0 Å². The van der Waals surface area contributed by atoms with Crippen LogP contribution in [0.3, 0.4) is 0 Å². The third-order valence-corrected chi connectivity index (χ3v) is 7.01. The molecule has 2 heterocycles. The lowest BCUT2D eigenvalue weighted by Crippen LogP contribution is -2.32. The van der Waals surface area contributed by atoms with Crippen LogP contribution in [0.4, 0.5) is 11.6 Å². The molecule has 0 fully saturated rings. The molecular weight excluding hydrogens is 456 g/mol. The number of aromatic nitrogens is 3. The lowest BCUT2D eigenvalue weighted by Gasteiger charge is -2.28. The highest BCUT2D eigenvalue weighted by Crippen LogP contribution is 2.37. The topological polar surface area (TPSA) is 89.1 Å².